The van der Waals surface area contributed by atoms with Gasteiger partial charge in [-0.2, -0.15) is 0 Å². The maximum Gasteiger partial charge on any atom is 0.306 e. The molecule has 1 aliphatic heterocycles. The number of ether oxygens (including phenoxy) is 1. The molecule has 4 heteroatoms. The number of benzene rings is 1. The number of piperidine rings is 1. The van der Waals surface area contributed by atoms with Gasteiger partial charge in [-0.15, -0.1) is 0 Å². The Bertz CT molecular complexity index is 416. The fourth-order valence-corrected chi connectivity index (χ4v) is 2.74. The number of carbonyl (C=O) groups excluding carboxylic acids is 1. The number of esters is 1. The first-order chi connectivity index (χ1) is 9.25. The summed E-state index contributed by atoms with van der Waals surface area (Å²) in [6.45, 7) is 2.51. The molecule has 1 N–H and O–H groups in total. The quantitative estimate of drug-likeness (QED) is 0.844. The number of halogens is 1. The van der Waals surface area contributed by atoms with Gasteiger partial charge in [0.15, 0.2) is 0 Å². The lowest BCUT2D eigenvalue weighted by Crippen LogP contribution is -2.28. The van der Waals surface area contributed by atoms with Crippen LogP contribution in [-0.2, 0) is 16.1 Å². The van der Waals surface area contributed by atoms with Crippen molar-refractivity contribution in [2.24, 2.45) is 5.92 Å². The van der Waals surface area contributed by atoms with Gasteiger partial charge >= 0.3 is 5.97 Å². The molecule has 0 unspecified atom stereocenters. The highest BCUT2D eigenvalue weighted by molar-refractivity contribution is 9.10. The highest BCUT2D eigenvalue weighted by Gasteiger charge is 2.15. The van der Waals surface area contributed by atoms with E-state index >= 15 is 0 Å². The van der Waals surface area contributed by atoms with E-state index in [1.54, 1.807) is 0 Å². The predicted molar refractivity (Wildman–Crippen MR) is 78.8 cm³/mol. The first-order valence-corrected chi connectivity index (χ1v) is 7.65. The van der Waals surface area contributed by atoms with E-state index in [-0.39, 0.29) is 5.97 Å². The number of hydrogen-bond acceptors (Lipinski definition) is 3. The molecule has 0 amide bonds. The first kappa shape index (κ1) is 14.5. The van der Waals surface area contributed by atoms with E-state index < -0.39 is 0 Å². The second kappa shape index (κ2) is 7.65. The van der Waals surface area contributed by atoms with Crippen molar-refractivity contribution in [3.05, 3.63) is 34.3 Å². The van der Waals surface area contributed by atoms with Crippen molar-refractivity contribution in [2.75, 3.05) is 13.1 Å². The Morgan fingerprint density at radius 3 is 2.79 bits per heavy atom. The fraction of sp³-hybridized carbons (Fsp3) is 0.533. The zero-order valence-corrected chi connectivity index (χ0v) is 12.6. The summed E-state index contributed by atoms with van der Waals surface area (Å²) in [4.78, 5) is 11.7. The first-order valence-electron chi connectivity index (χ1n) is 6.85. The van der Waals surface area contributed by atoms with E-state index in [1.165, 1.54) is 12.8 Å². The van der Waals surface area contributed by atoms with Crippen molar-refractivity contribution in [1.82, 2.24) is 5.32 Å². The maximum absolute atomic E-state index is 11.7. The van der Waals surface area contributed by atoms with Crippen LogP contribution in [0, 0.1) is 5.92 Å². The Kier molecular flexibility index (Phi) is 5.86. The molecule has 19 heavy (non-hydrogen) atoms. The molecule has 0 atom stereocenters. The van der Waals surface area contributed by atoms with Crippen LogP contribution in [0.5, 0.6) is 0 Å². The Hall–Kier alpha value is -0.870. The van der Waals surface area contributed by atoms with Gasteiger partial charge in [0.1, 0.15) is 6.61 Å². The maximum atomic E-state index is 11.7. The highest BCUT2D eigenvalue weighted by atomic mass is 79.9. The average molecular weight is 326 g/mol. The predicted octanol–water partition coefficient (Wildman–Crippen LogP) is 3.27. The van der Waals surface area contributed by atoms with Crippen molar-refractivity contribution >= 4 is 21.9 Å². The van der Waals surface area contributed by atoms with Crippen LogP contribution < -0.4 is 5.32 Å². The summed E-state index contributed by atoms with van der Waals surface area (Å²) in [6.07, 6.45) is 3.85. The Labute approximate surface area is 122 Å². The zero-order valence-electron chi connectivity index (χ0n) is 11.0. The smallest absolute Gasteiger partial charge is 0.306 e. The van der Waals surface area contributed by atoms with Gasteiger partial charge in [-0.05, 0) is 44.3 Å². The van der Waals surface area contributed by atoms with Crippen LogP contribution >= 0.6 is 15.9 Å². The molecule has 2 rings (SSSR count). The van der Waals surface area contributed by atoms with Gasteiger partial charge in [0.25, 0.3) is 0 Å². The summed E-state index contributed by atoms with van der Waals surface area (Å²) in [5.41, 5.74) is 1.01. The van der Waals surface area contributed by atoms with Crippen LogP contribution in [0.2, 0.25) is 0 Å². The minimum absolute atomic E-state index is 0.0886. The lowest BCUT2D eigenvalue weighted by molar-refractivity contribution is -0.145. The van der Waals surface area contributed by atoms with Gasteiger partial charge in [-0.3, -0.25) is 4.79 Å². The van der Waals surface area contributed by atoms with Crippen LogP contribution in [0.4, 0.5) is 0 Å². The molecule has 1 saturated heterocycles. The van der Waals surface area contributed by atoms with E-state index in [4.69, 9.17) is 4.74 Å². The van der Waals surface area contributed by atoms with E-state index in [0.717, 1.165) is 29.5 Å². The number of carbonyl (C=O) groups is 1. The Morgan fingerprint density at radius 2 is 2.05 bits per heavy atom. The van der Waals surface area contributed by atoms with Crippen LogP contribution in [0.15, 0.2) is 28.7 Å². The number of nitrogens with one attached hydrogen (secondary N) is 1. The topological polar surface area (TPSA) is 38.3 Å². The summed E-state index contributed by atoms with van der Waals surface area (Å²) in [5.74, 6) is 0.589. The second-order valence-electron chi connectivity index (χ2n) is 4.98. The van der Waals surface area contributed by atoms with E-state index in [0.29, 0.717) is 18.9 Å². The molecule has 0 radical (unpaired) electrons. The van der Waals surface area contributed by atoms with Gasteiger partial charge in [-0.25, -0.2) is 0 Å². The SMILES string of the molecule is O=C(CCC1CCNCC1)OCc1ccccc1Br. The Balaban J connectivity index is 1.68. The normalized spacial score (nSPS) is 16.3. The number of rotatable bonds is 5. The number of hydrogen-bond donors (Lipinski definition) is 1. The third-order valence-corrected chi connectivity index (χ3v) is 4.34. The zero-order chi connectivity index (χ0) is 13.5. The van der Waals surface area contributed by atoms with Crippen LogP contribution in [-0.4, -0.2) is 19.1 Å². The fourth-order valence-electron chi connectivity index (χ4n) is 2.34. The molecule has 1 fully saturated rings. The van der Waals surface area contributed by atoms with Gasteiger partial charge < -0.3 is 10.1 Å². The minimum atomic E-state index is -0.0886. The summed E-state index contributed by atoms with van der Waals surface area (Å²) >= 11 is 3.45. The van der Waals surface area contributed by atoms with E-state index in [1.807, 2.05) is 24.3 Å². The Morgan fingerprint density at radius 1 is 1.32 bits per heavy atom. The van der Waals surface area contributed by atoms with E-state index in [2.05, 4.69) is 21.2 Å². The molecular weight excluding hydrogens is 306 g/mol. The molecule has 0 spiro atoms. The molecule has 0 bridgehead atoms. The van der Waals surface area contributed by atoms with E-state index in [9.17, 15) is 4.79 Å². The molecule has 1 aromatic rings. The molecule has 1 aromatic carbocycles. The third-order valence-electron chi connectivity index (χ3n) is 3.56. The van der Waals surface area contributed by atoms with Crippen molar-refractivity contribution in [1.29, 1.82) is 0 Å². The molecule has 0 aromatic heterocycles. The molecule has 0 aliphatic carbocycles. The van der Waals surface area contributed by atoms with Crippen molar-refractivity contribution in [3.8, 4) is 0 Å². The van der Waals surface area contributed by atoms with Gasteiger partial charge in [0.2, 0.25) is 0 Å². The standard InChI is InChI=1S/C15H20BrNO2/c16-14-4-2-1-3-13(14)11-19-15(18)6-5-12-7-9-17-10-8-12/h1-4,12,17H,5-11H2. The molecular formula is C15H20BrNO2. The largest absolute Gasteiger partial charge is 0.461 e. The molecule has 3 nitrogen and oxygen atoms in total. The average Bonchev–Trinajstić information content (AvgIpc) is 2.45. The van der Waals surface area contributed by atoms with Crippen LogP contribution in [0.3, 0.4) is 0 Å². The van der Waals surface area contributed by atoms with Crippen molar-refractivity contribution in [3.63, 3.8) is 0 Å². The highest BCUT2D eigenvalue weighted by Crippen LogP contribution is 2.19. The lowest BCUT2D eigenvalue weighted by atomic mass is 9.93. The summed E-state index contributed by atoms with van der Waals surface area (Å²) < 4.78 is 6.30. The monoisotopic (exact) mass is 325 g/mol. The van der Waals surface area contributed by atoms with Crippen LogP contribution in [0.1, 0.15) is 31.2 Å². The minimum Gasteiger partial charge on any atom is -0.461 e. The summed E-state index contributed by atoms with van der Waals surface area (Å²) in [6, 6.07) is 7.82. The lowest BCUT2D eigenvalue weighted by Gasteiger charge is -2.21. The van der Waals surface area contributed by atoms with Crippen molar-refractivity contribution in [2.45, 2.75) is 32.3 Å². The van der Waals surface area contributed by atoms with Gasteiger partial charge in [-0.1, -0.05) is 34.1 Å². The third kappa shape index (κ3) is 4.96. The molecule has 1 aliphatic rings. The molecule has 104 valence electrons. The van der Waals surface area contributed by atoms with Crippen LogP contribution in [0.25, 0.3) is 0 Å². The summed E-state index contributed by atoms with van der Waals surface area (Å²) in [5, 5.41) is 3.33. The molecule has 1 heterocycles. The summed E-state index contributed by atoms with van der Waals surface area (Å²) in [7, 11) is 0. The van der Waals surface area contributed by atoms with Gasteiger partial charge in [0, 0.05) is 16.5 Å². The molecule has 0 saturated carbocycles. The van der Waals surface area contributed by atoms with Crippen molar-refractivity contribution < 1.29 is 9.53 Å². The second-order valence-corrected chi connectivity index (χ2v) is 5.84. The van der Waals surface area contributed by atoms with Gasteiger partial charge in [0.05, 0.1) is 0 Å².